The second kappa shape index (κ2) is 7.44. The number of hydrogen-bond donors (Lipinski definition) is 4. The average Bonchev–Trinajstić information content (AvgIpc) is 3.24. The summed E-state index contributed by atoms with van der Waals surface area (Å²) in [6.07, 6.45) is 0.338. The maximum absolute atomic E-state index is 14.6. The van der Waals surface area contributed by atoms with Crippen LogP contribution in [-0.4, -0.2) is 44.6 Å². The normalized spacial score (nSPS) is 25.7. The van der Waals surface area contributed by atoms with Crippen molar-refractivity contribution in [2.45, 2.75) is 50.7 Å². The summed E-state index contributed by atoms with van der Waals surface area (Å²) in [7, 11) is 0. The Morgan fingerprint density at radius 2 is 2.06 bits per heavy atom. The van der Waals surface area contributed by atoms with Gasteiger partial charge >= 0.3 is 0 Å². The number of fused-ring (bicyclic) bond motifs is 2. The van der Waals surface area contributed by atoms with E-state index in [1.165, 1.54) is 23.0 Å². The molecule has 0 saturated heterocycles. The molecule has 1 aliphatic heterocycles. The van der Waals surface area contributed by atoms with E-state index in [-0.39, 0.29) is 23.3 Å². The molecule has 2 aromatic heterocycles. The number of benzene rings is 1. The number of halogens is 2. The number of nitrogens with two attached hydrogens (primary N) is 1. The van der Waals surface area contributed by atoms with E-state index in [2.05, 4.69) is 10.3 Å². The van der Waals surface area contributed by atoms with Gasteiger partial charge in [0.2, 0.25) is 0 Å². The van der Waals surface area contributed by atoms with Crippen LogP contribution in [0.3, 0.4) is 0 Å². The SMILES string of the molecule is Cc1cc(O[C@H]2C[C@@H](n3cc(F)c4c(N)ccnc43)[C@H](O)[C@@H]2O)c2c(c1F)CCNC2. The first-order valence-electron chi connectivity index (χ1n) is 10.3. The number of aliphatic hydroxyl groups excluding tert-OH is 2. The van der Waals surface area contributed by atoms with Crippen molar-refractivity contribution in [3.05, 3.63) is 52.9 Å². The van der Waals surface area contributed by atoms with Gasteiger partial charge in [-0.15, -0.1) is 0 Å². The molecule has 0 bridgehead atoms. The van der Waals surface area contributed by atoms with Crippen molar-refractivity contribution in [3.63, 3.8) is 0 Å². The van der Waals surface area contributed by atoms with Gasteiger partial charge in [-0.3, -0.25) is 0 Å². The van der Waals surface area contributed by atoms with E-state index in [0.717, 1.165) is 5.56 Å². The van der Waals surface area contributed by atoms with Crippen LogP contribution in [0, 0.1) is 18.6 Å². The first-order chi connectivity index (χ1) is 14.9. The Morgan fingerprint density at radius 1 is 1.26 bits per heavy atom. The zero-order chi connectivity index (χ0) is 21.9. The molecule has 4 atom stereocenters. The highest BCUT2D eigenvalue weighted by Gasteiger charge is 2.45. The van der Waals surface area contributed by atoms with E-state index in [1.807, 2.05) is 0 Å². The highest BCUT2D eigenvalue weighted by Crippen LogP contribution is 2.39. The van der Waals surface area contributed by atoms with Crippen LogP contribution in [0.25, 0.3) is 11.0 Å². The molecule has 5 N–H and O–H groups in total. The zero-order valence-electron chi connectivity index (χ0n) is 17.0. The summed E-state index contributed by atoms with van der Waals surface area (Å²) in [6, 6.07) is 2.48. The largest absolute Gasteiger partial charge is 0.487 e. The van der Waals surface area contributed by atoms with Crippen LogP contribution >= 0.6 is 0 Å². The number of aliphatic hydroxyl groups is 2. The average molecular weight is 430 g/mol. The second-order valence-corrected chi connectivity index (χ2v) is 8.31. The highest BCUT2D eigenvalue weighted by atomic mass is 19.1. The molecule has 2 aliphatic rings. The third-order valence-corrected chi connectivity index (χ3v) is 6.41. The quantitative estimate of drug-likeness (QED) is 0.506. The number of anilines is 1. The molecule has 0 amide bonds. The van der Waals surface area contributed by atoms with Gasteiger partial charge in [0.15, 0.2) is 5.82 Å². The Balaban J connectivity index is 1.48. The molecule has 0 radical (unpaired) electrons. The molecule has 0 unspecified atom stereocenters. The number of ether oxygens (including phenoxy) is 1. The van der Waals surface area contributed by atoms with E-state index in [1.54, 1.807) is 13.0 Å². The van der Waals surface area contributed by atoms with Gasteiger partial charge in [0.05, 0.1) is 11.4 Å². The molecule has 1 saturated carbocycles. The minimum absolute atomic E-state index is 0.183. The van der Waals surface area contributed by atoms with Crippen molar-refractivity contribution in [2.24, 2.45) is 0 Å². The third-order valence-electron chi connectivity index (χ3n) is 6.41. The lowest BCUT2D eigenvalue weighted by Gasteiger charge is -2.25. The van der Waals surface area contributed by atoms with Crippen LogP contribution in [0.1, 0.15) is 29.2 Å². The van der Waals surface area contributed by atoms with Crippen molar-refractivity contribution in [1.29, 1.82) is 0 Å². The van der Waals surface area contributed by atoms with Gasteiger partial charge < -0.3 is 30.6 Å². The monoisotopic (exact) mass is 430 g/mol. The van der Waals surface area contributed by atoms with Crippen molar-refractivity contribution in [2.75, 3.05) is 12.3 Å². The van der Waals surface area contributed by atoms with Gasteiger partial charge in [0.1, 0.15) is 35.5 Å². The molecule has 1 aliphatic carbocycles. The molecular formula is C22H24F2N4O3. The Kier molecular flexibility index (Phi) is 4.84. The summed E-state index contributed by atoms with van der Waals surface area (Å²) < 4.78 is 36.7. The molecule has 3 aromatic rings. The van der Waals surface area contributed by atoms with Gasteiger partial charge in [-0.1, -0.05) is 0 Å². The maximum atomic E-state index is 14.6. The van der Waals surface area contributed by atoms with Gasteiger partial charge in [-0.2, -0.15) is 0 Å². The lowest BCUT2D eigenvalue weighted by Crippen LogP contribution is -2.35. The lowest BCUT2D eigenvalue weighted by molar-refractivity contribution is -0.0167. The van der Waals surface area contributed by atoms with Crippen LogP contribution in [0.2, 0.25) is 0 Å². The second-order valence-electron chi connectivity index (χ2n) is 8.31. The first kappa shape index (κ1) is 20.2. The number of aryl methyl sites for hydroxylation is 1. The third kappa shape index (κ3) is 3.15. The Morgan fingerprint density at radius 3 is 2.87 bits per heavy atom. The summed E-state index contributed by atoms with van der Waals surface area (Å²) >= 11 is 0. The lowest BCUT2D eigenvalue weighted by atomic mass is 9.96. The smallest absolute Gasteiger partial charge is 0.152 e. The molecule has 3 heterocycles. The van der Waals surface area contributed by atoms with Crippen molar-refractivity contribution in [1.82, 2.24) is 14.9 Å². The predicted octanol–water partition coefficient (Wildman–Crippen LogP) is 1.97. The van der Waals surface area contributed by atoms with Crippen LogP contribution in [0.15, 0.2) is 24.5 Å². The number of rotatable bonds is 3. The molecule has 1 fully saturated rings. The van der Waals surface area contributed by atoms with Crippen molar-refractivity contribution in [3.8, 4) is 5.75 Å². The number of aromatic nitrogens is 2. The molecular weight excluding hydrogens is 406 g/mol. The molecule has 9 heteroatoms. The zero-order valence-corrected chi connectivity index (χ0v) is 17.0. The summed E-state index contributed by atoms with van der Waals surface area (Å²) in [5.74, 6) is -0.281. The minimum atomic E-state index is -1.20. The predicted molar refractivity (Wildman–Crippen MR) is 111 cm³/mol. The van der Waals surface area contributed by atoms with Gasteiger partial charge in [0.25, 0.3) is 0 Å². The fourth-order valence-electron chi connectivity index (χ4n) is 4.78. The highest BCUT2D eigenvalue weighted by molar-refractivity contribution is 5.89. The first-order valence-corrected chi connectivity index (χ1v) is 10.3. The number of pyridine rings is 1. The fourth-order valence-corrected chi connectivity index (χ4v) is 4.78. The van der Waals surface area contributed by atoms with E-state index in [4.69, 9.17) is 10.5 Å². The Labute approximate surface area is 177 Å². The summed E-state index contributed by atoms with van der Waals surface area (Å²) in [4.78, 5) is 4.21. The van der Waals surface area contributed by atoms with Gasteiger partial charge in [0, 0.05) is 36.6 Å². The number of nitrogens with zero attached hydrogens (tertiary/aromatic N) is 2. The van der Waals surface area contributed by atoms with E-state index >= 15 is 0 Å². The summed E-state index contributed by atoms with van der Waals surface area (Å²) in [6.45, 7) is 2.83. The minimum Gasteiger partial charge on any atom is -0.487 e. The van der Waals surface area contributed by atoms with Crippen LogP contribution < -0.4 is 15.8 Å². The molecule has 164 valence electrons. The number of nitrogens with one attached hydrogen (secondary N) is 1. The van der Waals surface area contributed by atoms with Gasteiger partial charge in [-0.05, 0) is 43.1 Å². The number of nitrogen functional groups attached to an aromatic ring is 1. The molecule has 0 spiro atoms. The van der Waals surface area contributed by atoms with Crippen molar-refractivity contribution >= 4 is 16.7 Å². The molecule has 31 heavy (non-hydrogen) atoms. The van der Waals surface area contributed by atoms with Crippen LogP contribution in [0.4, 0.5) is 14.5 Å². The molecule has 5 rings (SSSR count). The standard InChI is InChI=1S/C22H24F2N4O3/c1-10-6-16(12-8-26-4-2-11(12)19(10)24)31-17-7-15(20(29)21(17)30)28-9-13(23)18-14(25)3-5-27-22(18)28/h3,5-6,9,15,17,20-21,26,29-30H,2,4,7-8H2,1H3,(H2,25,27)/t15-,17+,20+,21-/m1/s1. The van der Waals surface area contributed by atoms with E-state index < -0.39 is 30.2 Å². The van der Waals surface area contributed by atoms with E-state index in [9.17, 15) is 19.0 Å². The molecule has 1 aromatic carbocycles. The van der Waals surface area contributed by atoms with Crippen LogP contribution in [-0.2, 0) is 13.0 Å². The topological polar surface area (TPSA) is 106 Å². The Bertz CT molecular complexity index is 1170. The van der Waals surface area contributed by atoms with Crippen LogP contribution in [0.5, 0.6) is 5.75 Å². The fraction of sp³-hybridized carbons (Fsp3) is 0.409. The van der Waals surface area contributed by atoms with E-state index in [0.29, 0.717) is 42.0 Å². The summed E-state index contributed by atoms with van der Waals surface area (Å²) in [5, 5.41) is 24.8. The summed E-state index contributed by atoms with van der Waals surface area (Å²) in [5.41, 5.74) is 8.26. The van der Waals surface area contributed by atoms with Crippen molar-refractivity contribution < 1.29 is 23.7 Å². The number of hydrogen-bond acceptors (Lipinski definition) is 6. The molecule has 7 nitrogen and oxygen atoms in total. The van der Waals surface area contributed by atoms with Gasteiger partial charge in [-0.25, -0.2) is 13.8 Å². The Hall–Kier alpha value is -2.75. The maximum Gasteiger partial charge on any atom is 0.152 e.